The van der Waals surface area contributed by atoms with Crippen molar-refractivity contribution in [1.29, 1.82) is 5.26 Å². The van der Waals surface area contributed by atoms with E-state index in [2.05, 4.69) is 11.4 Å². The number of nitriles is 1. The lowest BCUT2D eigenvalue weighted by atomic mass is 9.95. The van der Waals surface area contributed by atoms with Crippen molar-refractivity contribution in [2.45, 2.75) is 26.5 Å². The van der Waals surface area contributed by atoms with Gasteiger partial charge in [0, 0.05) is 5.69 Å². The van der Waals surface area contributed by atoms with Crippen LogP contribution in [0.15, 0.2) is 118 Å². The SMILES string of the molecule is CCOc1cc(/C=c2\sc3n(c2=O)[C@H](c2cccc(OC)c2)C(C(=O)Nc2ccccc2)=C(C)N=3)ccc1OCc1ccc(C#N)cc1. The van der Waals surface area contributed by atoms with E-state index in [1.807, 2.05) is 91.9 Å². The number of carbonyl (C=O) groups is 1. The highest BCUT2D eigenvalue weighted by Gasteiger charge is 2.32. The Morgan fingerprint density at radius 1 is 1.00 bits per heavy atom. The van der Waals surface area contributed by atoms with Gasteiger partial charge in [-0.15, -0.1) is 0 Å². The van der Waals surface area contributed by atoms with E-state index in [9.17, 15) is 9.59 Å². The number of nitrogens with zero attached hydrogens (tertiary/aromatic N) is 3. The molecule has 1 N–H and O–H groups in total. The number of anilines is 1. The Kier molecular flexibility index (Phi) is 9.50. The Morgan fingerprint density at radius 2 is 1.79 bits per heavy atom. The number of hydrogen-bond donors (Lipinski definition) is 1. The van der Waals surface area contributed by atoms with E-state index in [4.69, 9.17) is 24.5 Å². The average molecular weight is 657 g/mol. The van der Waals surface area contributed by atoms with Crippen LogP contribution in [-0.4, -0.2) is 24.2 Å². The summed E-state index contributed by atoms with van der Waals surface area (Å²) in [7, 11) is 1.58. The van der Waals surface area contributed by atoms with E-state index in [-0.39, 0.29) is 11.5 Å². The highest BCUT2D eigenvalue weighted by atomic mass is 32.1. The molecule has 1 amide bonds. The number of nitrogens with one attached hydrogen (secondary N) is 1. The van der Waals surface area contributed by atoms with Gasteiger partial charge in [-0.05, 0) is 85.1 Å². The first kappa shape index (κ1) is 32.0. The zero-order valence-corrected chi connectivity index (χ0v) is 27.4. The van der Waals surface area contributed by atoms with Crippen LogP contribution in [0, 0.1) is 11.3 Å². The first-order valence-electron chi connectivity index (χ1n) is 15.3. The van der Waals surface area contributed by atoms with Crippen LogP contribution >= 0.6 is 11.3 Å². The van der Waals surface area contributed by atoms with Gasteiger partial charge in [-0.2, -0.15) is 5.26 Å². The van der Waals surface area contributed by atoms with Gasteiger partial charge in [-0.3, -0.25) is 14.2 Å². The molecular formula is C38H32N4O5S. The lowest BCUT2D eigenvalue weighted by molar-refractivity contribution is -0.113. The molecule has 5 aromatic rings. The Hall–Kier alpha value is -5.92. The van der Waals surface area contributed by atoms with Gasteiger partial charge < -0.3 is 19.5 Å². The number of carbonyl (C=O) groups excluding carboxylic acids is 1. The molecule has 1 aromatic heterocycles. The minimum atomic E-state index is -0.737. The van der Waals surface area contributed by atoms with Crippen molar-refractivity contribution in [3.63, 3.8) is 0 Å². The summed E-state index contributed by atoms with van der Waals surface area (Å²) in [5, 5.41) is 12.0. The van der Waals surface area contributed by atoms with Crippen LogP contribution < -0.4 is 34.4 Å². The zero-order valence-electron chi connectivity index (χ0n) is 26.6. The summed E-state index contributed by atoms with van der Waals surface area (Å²) in [5.41, 5.74) is 4.21. The summed E-state index contributed by atoms with van der Waals surface area (Å²) in [5.74, 6) is 1.36. The van der Waals surface area contributed by atoms with Crippen molar-refractivity contribution >= 4 is 29.0 Å². The molecule has 10 heteroatoms. The van der Waals surface area contributed by atoms with E-state index in [0.29, 0.717) is 62.3 Å². The van der Waals surface area contributed by atoms with Gasteiger partial charge in [0.05, 0.1) is 47.2 Å². The van der Waals surface area contributed by atoms with Crippen LogP contribution in [0.5, 0.6) is 17.2 Å². The second-order valence-corrected chi connectivity index (χ2v) is 11.9. The van der Waals surface area contributed by atoms with E-state index < -0.39 is 6.04 Å². The second kappa shape index (κ2) is 14.2. The number of benzene rings is 4. The van der Waals surface area contributed by atoms with E-state index in [1.54, 1.807) is 36.8 Å². The number of aromatic nitrogens is 1. The predicted molar refractivity (Wildman–Crippen MR) is 185 cm³/mol. The third-order valence-electron chi connectivity index (χ3n) is 7.75. The molecule has 1 aliphatic heterocycles. The zero-order chi connectivity index (χ0) is 33.6. The number of thiazole rings is 1. The van der Waals surface area contributed by atoms with Crippen molar-refractivity contribution < 1.29 is 19.0 Å². The summed E-state index contributed by atoms with van der Waals surface area (Å²) in [6.07, 6.45) is 1.79. The van der Waals surface area contributed by atoms with Crippen molar-refractivity contribution in [1.82, 2.24) is 4.57 Å². The highest BCUT2D eigenvalue weighted by Crippen LogP contribution is 2.33. The van der Waals surface area contributed by atoms with Crippen LogP contribution in [0.3, 0.4) is 0 Å². The van der Waals surface area contributed by atoms with Gasteiger partial charge in [0.1, 0.15) is 12.4 Å². The number of fused-ring (bicyclic) bond motifs is 1. The highest BCUT2D eigenvalue weighted by molar-refractivity contribution is 7.07. The third-order valence-corrected chi connectivity index (χ3v) is 8.73. The summed E-state index contributed by atoms with van der Waals surface area (Å²) in [6.45, 7) is 4.40. The summed E-state index contributed by atoms with van der Waals surface area (Å²) >= 11 is 1.26. The van der Waals surface area contributed by atoms with Crippen molar-refractivity contribution in [3.8, 4) is 23.3 Å². The molecule has 1 atom stereocenters. The van der Waals surface area contributed by atoms with E-state index in [0.717, 1.165) is 16.7 Å². The predicted octanol–water partition coefficient (Wildman–Crippen LogP) is 5.73. The quantitative estimate of drug-likeness (QED) is 0.205. The van der Waals surface area contributed by atoms with Gasteiger partial charge in [0.15, 0.2) is 16.3 Å². The van der Waals surface area contributed by atoms with Gasteiger partial charge in [0.25, 0.3) is 11.5 Å². The van der Waals surface area contributed by atoms with Crippen molar-refractivity contribution in [2.24, 2.45) is 4.99 Å². The Balaban J connectivity index is 1.38. The molecule has 48 heavy (non-hydrogen) atoms. The number of para-hydroxylation sites is 1. The molecule has 0 radical (unpaired) electrons. The maximum Gasteiger partial charge on any atom is 0.271 e. The van der Waals surface area contributed by atoms with Crippen LogP contribution in [-0.2, 0) is 11.4 Å². The molecule has 0 bridgehead atoms. The second-order valence-electron chi connectivity index (χ2n) is 10.9. The molecule has 0 fully saturated rings. The van der Waals surface area contributed by atoms with Gasteiger partial charge in [-0.1, -0.05) is 59.9 Å². The topological polar surface area (TPSA) is 115 Å². The first-order chi connectivity index (χ1) is 23.4. The molecule has 0 saturated carbocycles. The fourth-order valence-corrected chi connectivity index (χ4v) is 6.50. The smallest absolute Gasteiger partial charge is 0.271 e. The van der Waals surface area contributed by atoms with E-state index in [1.165, 1.54) is 11.3 Å². The molecule has 6 rings (SSSR count). The number of allylic oxidation sites excluding steroid dienone is 1. The molecule has 9 nitrogen and oxygen atoms in total. The number of methoxy groups -OCH3 is 1. The Morgan fingerprint density at radius 3 is 2.52 bits per heavy atom. The van der Waals surface area contributed by atoms with Crippen LogP contribution in [0.1, 0.15) is 42.1 Å². The van der Waals surface area contributed by atoms with E-state index >= 15 is 0 Å². The third kappa shape index (κ3) is 6.77. The van der Waals surface area contributed by atoms with Crippen LogP contribution in [0.25, 0.3) is 6.08 Å². The lowest BCUT2D eigenvalue weighted by Crippen LogP contribution is -2.40. The van der Waals surface area contributed by atoms with Gasteiger partial charge in [0.2, 0.25) is 0 Å². The normalized spacial score (nSPS) is 14.0. The molecule has 0 saturated heterocycles. The van der Waals surface area contributed by atoms with Gasteiger partial charge in [-0.25, -0.2) is 4.99 Å². The largest absolute Gasteiger partial charge is 0.497 e. The van der Waals surface area contributed by atoms with Crippen molar-refractivity contribution in [2.75, 3.05) is 19.0 Å². The molecule has 4 aromatic carbocycles. The fraction of sp³-hybridized carbons (Fsp3) is 0.158. The monoisotopic (exact) mass is 656 g/mol. The molecule has 0 aliphatic carbocycles. The summed E-state index contributed by atoms with van der Waals surface area (Å²) < 4.78 is 19.5. The van der Waals surface area contributed by atoms with Crippen molar-refractivity contribution in [3.05, 3.63) is 150 Å². The summed E-state index contributed by atoms with van der Waals surface area (Å²) in [4.78, 5) is 33.2. The minimum Gasteiger partial charge on any atom is -0.497 e. The molecule has 0 unspecified atom stereocenters. The first-order valence-corrected chi connectivity index (χ1v) is 16.1. The molecular weight excluding hydrogens is 625 g/mol. The molecule has 0 spiro atoms. The standard InChI is InChI=1S/C38H32N4O5S/c1-4-46-32-19-27(17-18-31(32)47-23-26-15-13-25(22-39)14-16-26)20-33-37(44)42-35(28-9-8-12-30(21-28)45-3)34(24(2)40-38(42)48-33)36(43)41-29-10-6-5-7-11-29/h5-21,35H,4,23H2,1-3H3,(H,41,43)/b33-20-/t35-/m1/s1. The number of rotatable bonds is 10. The summed E-state index contributed by atoms with van der Waals surface area (Å²) in [6, 6.07) is 30.6. The maximum atomic E-state index is 14.2. The molecule has 2 heterocycles. The van der Waals surface area contributed by atoms with Crippen LogP contribution in [0.2, 0.25) is 0 Å². The number of ether oxygens (including phenoxy) is 3. The molecule has 240 valence electrons. The fourth-order valence-electron chi connectivity index (χ4n) is 5.45. The van der Waals surface area contributed by atoms with Crippen LogP contribution in [0.4, 0.5) is 5.69 Å². The Bertz CT molecular complexity index is 2230. The Labute approximate surface area is 281 Å². The maximum absolute atomic E-state index is 14.2. The minimum absolute atomic E-state index is 0.275. The average Bonchev–Trinajstić information content (AvgIpc) is 3.41. The van der Waals surface area contributed by atoms with Gasteiger partial charge >= 0.3 is 0 Å². The molecule has 1 aliphatic rings. The number of hydrogen-bond acceptors (Lipinski definition) is 8. The number of amides is 1. The lowest BCUT2D eigenvalue weighted by Gasteiger charge is -2.25.